The van der Waals surface area contributed by atoms with Crippen molar-refractivity contribution in [3.8, 4) is 0 Å². The molecule has 0 radical (unpaired) electrons. The van der Waals surface area contributed by atoms with Crippen LogP contribution in [0, 0.1) is 0 Å². The Hall–Kier alpha value is -1.54. The SMILES string of the molecule is Nc1c(Br)ccc2cc3ccccc3cc12. The van der Waals surface area contributed by atoms with Crippen LogP contribution in [0.5, 0.6) is 0 Å². The van der Waals surface area contributed by atoms with E-state index in [0.29, 0.717) is 0 Å². The Balaban J connectivity index is 2.51. The van der Waals surface area contributed by atoms with E-state index in [-0.39, 0.29) is 0 Å². The molecule has 0 aliphatic rings. The topological polar surface area (TPSA) is 26.0 Å². The van der Waals surface area contributed by atoms with Crippen LogP contribution in [-0.2, 0) is 0 Å². The lowest BCUT2D eigenvalue weighted by Crippen LogP contribution is -1.88. The van der Waals surface area contributed by atoms with Gasteiger partial charge in [-0.1, -0.05) is 30.3 Å². The maximum Gasteiger partial charge on any atom is 0.0538 e. The lowest BCUT2D eigenvalue weighted by Gasteiger charge is -2.06. The number of anilines is 1. The molecule has 0 aliphatic heterocycles. The molecule has 3 aromatic carbocycles. The van der Waals surface area contributed by atoms with E-state index in [9.17, 15) is 0 Å². The number of rotatable bonds is 0. The van der Waals surface area contributed by atoms with Crippen LogP contribution in [-0.4, -0.2) is 0 Å². The zero-order valence-electron chi connectivity index (χ0n) is 8.57. The van der Waals surface area contributed by atoms with Gasteiger partial charge in [0.25, 0.3) is 0 Å². The average Bonchev–Trinajstić information content (AvgIpc) is 2.32. The molecule has 0 spiro atoms. The van der Waals surface area contributed by atoms with Crippen LogP contribution in [0.2, 0.25) is 0 Å². The summed E-state index contributed by atoms with van der Waals surface area (Å²) in [6.07, 6.45) is 0. The van der Waals surface area contributed by atoms with Crippen molar-refractivity contribution < 1.29 is 0 Å². The smallest absolute Gasteiger partial charge is 0.0538 e. The minimum atomic E-state index is 0.809. The molecule has 0 amide bonds. The maximum absolute atomic E-state index is 6.06. The standard InChI is InChI=1S/C14H10BrN/c15-13-6-5-11-7-9-3-1-2-4-10(9)8-12(11)14(13)16/h1-8H,16H2. The fraction of sp³-hybridized carbons (Fsp3) is 0. The molecular formula is C14H10BrN. The number of hydrogen-bond acceptors (Lipinski definition) is 1. The minimum Gasteiger partial charge on any atom is -0.397 e. The number of fused-ring (bicyclic) bond motifs is 2. The van der Waals surface area contributed by atoms with Gasteiger partial charge in [0, 0.05) is 9.86 Å². The zero-order chi connectivity index (χ0) is 11.1. The number of hydrogen-bond donors (Lipinski definition) is 1. The monoisotopic (exact) mass is 271 g/mol. The first-order chi connectivity index (χ1) is 7.75. The van der Waals surface area contributed by atoms with Crippen molar-refractivity contribution in [2.45, 2.75) is 0 Å². The van der Waals surface area contributed by atoms with E-state index in [4.69, 9.17) is 5.73 Å². The molecule has 0 heterocycles. The Morgan fingerprint density at radius 3 is 2.25 bits per heavy atom. The highest BCUT2D eigenvalue weighted by molar-refractivity contribution is 9.10. The van der Waals surface area contributed by atoms with Crippen LogP contribution < -0.4 is 5.73 Å². The lowest BCUT2D eigenvalue weighted by molar-refractivity contribution is 1.70. The normalized spacial score (nSPS) is 11.1. The third-order valence-electron chi connectivity index (χ3n) is 2.87. The first-order valence-electron chi connectivity index (χ1n) is 5.12. The van der Waals surface area contributed by atoms with Gasteiger partial charge in [-0.25, -0.2) is 0 Å². The minimum absolute atomic E-state index is 0.809. The summed E-state index contributed by atoms with van der Waals surface area (Å²) >= 11 is 3.46. The molecule has 0 aliphatic carbocycles. The number of nitrogens with two attached hydrogens (primary N) is 1. The van der Waals surface area contributed by atoms with Crippen molar-refractivity contribution in [3.05, 3.63) is 53.0 Å². The highest BCUT2D eigenvalue weighted by Crippen LogP contribution is 2.31. The van der Waals surface area contributed by atoms with E-state index in [2.05, 4.69) is 52.3 Å². The van der Waals surface area contributed by atoms with Gasteiger partial charge in [0.2, 0.25) is 0 Å². The summed E-state index contributed by atoms with van der Waals surface area (Å²) in [4.78, 5) is 0. The second kappa shape index (κ2) is 3.49. The molecule has 78 valence electrons. The van der Waals surface area contributed by atoms with Gasteiger partial charge in [0.05, 0.1) is 5.69 Å². The summed E-state index contributed by atoms with van der Waals surface area (Å²) in [7, 11) is 0. The van der Waals surface area contributed by atoms with E-state index in [1.165, 1.54) is 16.2 Å². The highest BCUT2D eigenvalue weighted by Gasteiger charge is 2.03. The molecule has 0 fully saturated rings. The van der Waals surface area contributed by atoms with Crippen LogP contribution in [0.3, 0.4) is 0 Å². The predicted octanol–water partition coefficient (Wildman–Crippen LogP) is 4.34. The van der Waals surface area contributed by atoms with Gasteiger partial charge in [0.1, 0.15) is 0 Å². The van der Waals surface area contributed by atoms with Crippen molar-refractivity contribution in [2.75, 3.05) is 5.73 Å². The Kier molecular flexibility index (Phi) is 2.11. The summed E-state index contributed by atoms with van der Waals surface area (Å²) in [5.74, 6) is 0. The molecule has 0 atom stereocenters. The van der Waals surface area contributed by atoms with Gasteiger partial charge in [-0.15, -0.1) is 0 Å². The molecule has 0 saturated heterocycles. The van der Waals surface area contributed by atoms with Crippen molar-refractivity contribution in [3.63, 3.8) is 0 Å². The molecular weight excluding hydrogens is 262 g/mol. The molecule has 0 saturated carbocycles. The van der Waals surface area contributed by atoms with Crippen LogP contribution in [0.15, 0.2) is 53.0 Å². The molecule has 3 rings (SSSR count). The van der Waals surface area contributed by atoms with Crippen LogP contribution in [0.25, 0.3) is 21.5 Å². The first-order valence-corrected chi connectivity index (χ1v) is 5.91. The Morgan fingerprint density at radius 1 is 0.812 bits per heavy atom. The highest BCUT2D eigenvalue weighted by atomic mass is 79.9. The van der Waals surface area contributed by atoms with Crippen LogP contribution in [0.1, 0.15) is 0 Å². The third-order valence-corrected chi connectivity index (χ3v) is 3.57. The van der Waals surface area contributed by atoms with Crippen molar-refractivity contribution in [1.82, 2.24) is 0 Å². The van der Waals surface area contributed by atoms with Gasteiger partial charge < -0.3 is 5.73 Å². The summed E-state index contributed by atoms with van der Waals surface area (Å²) in [6.45, 7) is 0. The summed E-state index contributed by atoms with van der Waals surface area (Å²) < 4.78 is 0.954. The van der Waals surface area contributed by atoms with Crippen molar-refractivity contribution in [1.29, 1.82) is 0 Å². The van der Waals surface area contributed by atoms with E-state index >= 15 is 0 Å². The van der Waals surface area contributed by atoms with Gasteiger partial charge >= 0.3 is 0 Å². The number of halogens is 1. The van der Waals surface area contributed by atoms with Gasteiger partial charge in [0.15, 0.2) is 0 Å². The molecule has 0 unspecified atom stereocenters. The summed E-state index contributed by atoms with van der Waals surface area (Å²) in [6, 6.07) is 16.7. The molecule has 0 bridgehead atoms. The first kappa shape index (κ1) is 9.67. The number of benzene rings is 3. The summed E-state index contributed by atoms with van der Waals surface area (Å²) in [5.41, 5.74) is 6.87. The molecule has 0 aromatic heterocycles. The Morgan fingerprint density at radius 2 is 1.50 bits per heavy atom. The number of nitrogen functional groups attached to an aromatic ring is 1. The quantitative estimate of drug-likeness (QED) is 0.478. The Labute approximate surface area is 102 Å². The van der Waals surface area contributed by atoms with E-state index in [0.717, 1.165) is 15.5 Å². The fourth-order valence-corrected chi connectivity index (χ4v) is 2.36. The zero-order valence-corrected chi connectivity index (χ0v) is 10.2. The van der Waals surface area contributed by atoms with Gasteiger partial charge in [-0.2, -0.15) is 0 Å². The molecule has 1 nitrogen and oxygen atoms in total. The largest absolute Gasteiger partial charge is 0.397 e. The third kappa shape index (κ3) is 1.38. The predicted molar refractivity (Wildman–Crippen MR) is 73.6 cm³/mol. The molecule has 2 heteroatoms. The maximum atomic E-state index is 6.06. The molecule has 2 N–H and O–H groups in total. The summed E-state index contributed by atoms with van der Waals surface area (Å²) in [5, 5.41) is 4.75. The Bertz CT molecular complexity index is 689. The van der Waals surface area contributed by atoms with Crippen LogP contribution >= 0.6 is 15.9 Å². The van der Waals surface area contributed by atoms with Crippen molar-refractivity contribution >= 4 is 43.2 Å². The van der Waals surface area contributed by atoms with Gasteiger partial charge in [-0.05, 0) is 50.3 Å². The van der Waals surface area contributed by atoms with E-state index in [1.54, 1.807) is 0 Å². The lowest BCUT2D eigenvalue weighted by atomic mass is 10.0. The van der Waals surface area contributed by atoms with Crippen molar-refractivity contribution in [2.24, 2.45) is 0 Å². The van der Waals surface area contributed by atoms with Crippen LogP contribution in [0.4, 0.5) is 5.69 Å². The second-order valence-electron chi connectivity index (χ2n) is 3.88. The fourth-order valence-electron chi connectivity index (χ4n) is 2.01. The molecule has 3 aromatic rings. The van der Waals surface area contributed by atoms with E-state index in [1.807, 2.05) is 12.1 Å². The van der Waals surface area contributed by atoms with E-state index < -0.39 is 0 Å². The average molecular weight is 272 g/mol. The second-order valence-corrected chi connectivity index (χ2v) is 4.74. The molecule has 16 heavy (non-hydrogen) atoms. The van der Waals surface area contributed by atoms with Gasteiger partial charge in [-0.3, -0.25) is 0 Å².